The molecule has 0 saturated carbocycles. The van der Waals surface area contributed by atoms with Crippen LogP contribution in [0.1, 0.15) is 18.4 Å². The molecule has 4 N–H and O–H groups in total. The maximum atomic E-state index is 11.6. The van der Waals surface area contributed by atoms with Crippen molar-refractivity contribution >= 4 is 17.9 Å². The van der Waals surface area contributed by atoms with Crippen LogP contribution in [0, 0.1) is 0 Å². The van der Waals surface area contributed by atoms with Gasteiger partial charge in [-0.05, 0) is 18.4 Å². The number of H-pyrrole nitrogens is 2. The molecule has 2 aromatic rings. The van der Waals surface area contributed by atoms with Crippen LogP contribution in [0.3, 0.4) is 0 Å². The van der Waals surface area contributed by atoms with Crippen LogP contribution in [0.2, 0.25) is 0 Å². The lowest BCUT2D eigenvalue weighted by molar-refractivity contribution is -0.120. The van der Waals surface area contributed by atoms with E-state index < -0.39 is 11.2 Å². The first-order valence-electron chi connectivity index (χ1n) is 7.42. The molecule has 0 saturated heterocycles. The molecule has 1 amide bonds. The monoisotopic (exact) mass is 330 g/mol. The fourth-order valence-electron chi connectivity index (χ4n) is 1.88. The summed E-state index contributed by atoms with van der Waals surface area (Å²) in [7, 11) is 0. The summed E-state index contributed by atoms with van der Waals surface area (Å²) in [6.07, 6.45) is 3.32. The molecular weight excluding hydrogens is 312 g/mol. The zero-order chi connectivity index (χ0) is 17.2. The molecule has 126 valence electrons. The molecule has 1 heterocycles. The van der Waals surface area contributed by atoms with Gasteiger partial charge in [-0.25, -0.2) is 15.3 Å². The number of aromatic nitrogens is 3. The van der Waals surface area contributed by atoms with Crippen molar-refractivity contribution in [2.24, 2.45) is 5.10 Å². The number of nitrogens with one attached hydrogen (secondary N) is 4. The van der Waals surface area contributed by atoms with Gasteiger partial charge in [-0.1, -0.05) is 30.3 Å². The van der Waals surface area contributed by atoms with Gasteiger partial charge in [-0.15, -0.1) is 5.10 Å². The molecular formula is C15H18N6O3. The van der Waals surface area contributed by atoms with E-state index in [1.807, 2.05) is 35.3 Å². The minimum atomic E-state index is -0.687. The summed E-state index contributed by atoms with van der Waals surface area (Å²) >= 11 is 0. The molecule has 0 bridgehead atoms. The summed E-state index contributed by atoms with van der Waals surface area (Å²) < 4.78 is 0. The molecule has 0 radical (unpaired) electrons. The molecule has 2 rings (SSSR count). The summed E-state index contributed by atoms with van der Waals surface area (Å²) in [5, 5.41) is 12.1. The standard InChI is InChI=1S/C15H18N6O3/c22-12(8-10-16-13-14(23)18-15(24)21-20-13)19-17-9-4-7-11-5-2-1-3-6-11/h1-3,5-6,9H,4,7-8,10H2,(H,16,20)(H,19,22)(H2,18,21,23,24)/b17-9+. The predicted molar refractivity (Wildman–Crippen MR) is 90.0 cm³/mol. The Morgan fingerprint density at radius 3 is 2.79 bits per heavy atom. The van der Waals surface area contributed by atoms with Crippen molar-refractivity contribution in [3.63, 3.8) is 0 Å². The Labute approximate surface area is 137 Å². The van der Waals surface area contributed by atoms with Gasteiger partial charge in [0, 0.05) is 19.2 Å². The first-order chi connectivity index (χ1) is 11.6. The summed E-state index contributed by atoms with van der Waals surface area (Å²) in [6, 6.07) is 9.98. The molecule has 1 aromatic heterocycles. The average Bonchev–Trinajstić information content (AvgIpc) is 2.57. The molecule has 0 spiro atoms. The molecule has 0 aliphatic rings. The van der Waals surface area contributed by atoms with Crippen molar-refractivity contribution in [1.82, 2.24) is 20.6 Å². The highest BCUT2D eigenvalue weighted by atomic mass is 16.2. The number of benzene rings is 1. The van der Waals surface area contributed by atoms with E-state index in [-0.39, 0.29) is 24.7 Å². The third-order valence-electron chi connectivity index (χ3n) is 3.04. The quantitative estimate of drug-likeness (QED) is 0.399. The van der Waals surface area contributed by atoms with Gasteiger partial charge in [0.15, 0.2) is 0 Å². The zero-order valence-electron chi connectivity index (χ0n) is 12.9. The van der Waals surface area contributed by atoms with Gasteiger partial charge < -0.3 is 5.32 Å². The normalized spacial score (nSPS) is 10.7. The average molecular weight is 330 g/mol. The number of carbonyl (C=O) groups excluding carboxylic acids is 1. The SMILES string of the molecule is O=C(CCNc1n[nH]c(=O)[nH]c1=O)N/N=C/CCc1ccccc1. The number of hydrogen-bond acceptors (Lipinski definition) is 6. The Morgan fingerprint density at radius 2 is 2.04 bits per heavy atom. The lowest BCUT2D eigenvalue weighted by atomic mass is 10.1. The van der Waals surface area contributed by atoms with E-state index in [1.54, 1.807) is 6.21 Å². The van der Waals surface area contributed by atoms with Crippen LogP contribution < -0.4 is 22.0 Å². The van der Waals surface area contributed by atoms with Crippen molar-refractivity contribution in [2.75, 3.05) is 11.9 Å². The minimum absolute atomic E-state index is 0.0474. The van der Waals surface area contributed by atoms with E-state index in [4.69, 9.17) is 0 Å². The van der Waals surface area contributed by atoms with Gasteiger partial charge in [0.25, 0.3) is 5.56 Å². The van der Waals surface area contributed by atoms with Crippen molar-refractivity contribution in [3.8, 4) is 0 Å². The first kappa shape index (κ1) is 17.1. The number of hydrogen-bond donors (Lipinski definition) is 4. The number of aryl methyl sites for hydroxylation is 1. The summed E-state index contributed by atoms with van der Waals surface area (Å²) in [6.45, 7) is 0.188. The summed E-state index contributed by atoms with van der Waals surface area (Å²) in [5.74, 6) is -0.340. The van der Waals surface area contributed by atoms with Crippen LogP contribution in [0.4, 0.5) is 5.82 Å². The Morgan fingerprint density at radius 1 is 1.25 bits per heavy atom. The lowest BCUT2D eigenvalue weighted by Gasteiger charge is -2.02. The van der Waals surface area contributed by atoms with Crippen LogP contribution in [-0.4, -0.2) is 33.8 Å². The Balaban J connectivity index is 1.63. The Kier molecular flexibility index (Phi) is 6.45. The van der Waals surface area contributed by atoms with E-state index >= 15 is 0 Å². The van der Waals surface area contributed by atoms with E-state index in [9.17, 15) is 14.4 Å². The fourth-order valence-corrected chi connectivity index (χ4v) is 1.88. The number of amides is 1. The Hall–Kier alpha value is -3.23. The second-order valence-electron chi connectivity index (χ2n) is 4.90. The molecule has 0 fully saturated rings. The molecule has 9 heteroatoms. The molecule has 0 aliphatic heterocycles. The number of anilines is 1. The van der Waals surface area contributed by atoms with Crippen molar-refractivity contribution in [2.45, 2.75) is 19.3 Å². The van der Waals surface area contributed by atoms with Crippen LogP contribution in [0.5, 0.6) is 0 Å². The van der Waals surface area contributed by atoms with Crippen molar-refractivity contribution in [3.05, 3.63) is 56.7 Å². The van der Waals surface area contributed by atoms with Crippen molar-refractivity contribution in [1.29, 1.82) is 0 Å². The van der Waals surface area contributed by atoms with Gasteiger partial charge in [-0.2, -0.15) is 5.10 Å². The predicted octanol–water partition coefficient (Wildman–Crippen LogP) is -0.00500. The van der Waals surface area contributed by atoms with Crippen LogP contribution in [-0.2, 0) is 11.2 Å². The third kappa shape index (κ3) is 5.87. The number of hydrazone groups is 1. The first-order valence-corrected chi connectivity index (χ1v) is 7.42. The van der Waals surface area contributed by atoms with Gasteiger partial charge >= 0.3 is 5.69 Å². The highest BCUT2D eigenvalue weighted by Gasteiger charge is 2.03. The third-order valence-corrected chi connectivity index (χ3v) is 3.04. The maximum Gasteiger partial charge on any atom is 0.342 e. The topological polar surface area (TPSA) is 132 Å². The number of carbonyl (C=O) groups is 1. The number of rotatable bonds is 8. The number of nitrogens with zero attached hydrogens (tertiary/aromatic N) is 2. The Bertz CT molecular complexity index is 797. The molecule has 0 aliphatic carbocycles. The largest absolute Gasteiger partial charge is 0.364 e. The number of aromatic amines is 2. The summed E-state index contributed by atoms with van der Waals surface area (Å²) in [4.78, 5) is 35.8. The van der Waals surface area contributed by atoms with E-state index in [0.29, 0.717) is 0 Å². The highest BCUT2D eigenvalue weighted by molar-refractivity contribution is 5.77. The van der Waals surface area contributed by atoms with Gasteiger partial charge in [0.05, 0.1) is 0 Å². The molecule has 1 aromatic carbocycles. The van der Waals surface area contributed by atoms with Crippen LogP contribution >= 0.6 is 0 Å². The van der Waals surface area contributed by atoms with Crippen LogP contribution in [0.25, 0.3) is 0 Å². The van der Waals surface area contributed by atoms with Crippen LogP contribution in [0.15, 0.2) is 45.0 Å². The zero-order valence-corrected chi connectivity index (χ0v) is 12.9. The second-order valence-corrected chi connectivity index (χ2v) is 4.90. The molecule has 0 unspecified atom stereocenters. The second kappa shape index (κ2) is 9.03. The highest BCUT2D eigenvalue weighted by Crippen LogP contribution is 2.00. The minimum Gasteiger partial charge on any atom is -0.364 e. The van der Waals surface area contributed by atoms with Gasteiger partial charge in [0.1, 0.15) is 0 Å². The van der Waals surface area contributed by atoms with E-state index in [2.05, 4.69) is 26.0 Å². The smallest absolute Gasteiger partial charge is 0.342 e. The maximum absolute atomic E-state index is 11.6. The van der Waals surface area contributed by atoms with Gasteiger partial charge in [-0.3, -0.25) is 14.6 Å². The van der Waals surface area contributed by atoms with E-state index in [1.165, 1.54) is 5.56 Å². The molecule has 0 atom stereocenters. The van der Waals surface area contributed by atoms with Crippen molar-refractivity contribution < 1.29 is 4.79 Å². The fraction of sp³-hybridized carbons (Fsp3) is 0.267. The summed E-state index contributed by atoms with van der Waals surface area (Å²) in [5.41, 5.74) is 2.28. The molecule has 24 heavy (non-hydrogen) atoms. The van der Waals surface area contributed by atoms with E-state index in [0.717, 1.165) is 12.8 Å². The molecule has 9 nitrogen and oxygen atoms in total. The lowest BCUT2D eigenvalue weighted by Crippen LogP contribution is -2.28. The van der Waals surface area contributed by atoms with Gasteiger partial charge in [0.2, 0.25) is 11.7 Å².